The van der Waals surface area contributed by atoms with Crippen molar-refractivity contribution in [2.24, 2.45) is 0 Å². The molecule has 2 heteroatoms. The molecule has 0 amide bonds. The molecule has 72 valence electrons. The Kier molecular flexibility index (Phi) is 2.60. The van der Waals surface area contributed by atoms with Crippen LogP contribution < -0.4 is 5.73 Å². The predicted octanol–water partition coefficient (Wildman–Crippen LogP) is 2.52. The third kappa shape index (κ3) is 2.20. The maximum absolute atomic E-state index is 5.73. The van der Waals surface area contributed by atoms with Crippen LogP contribution >= 0.6 is 0 Å². The van der Waals surface area contributed by atoms with Crippen molar-refractivity contribution >= 4 is 5.82 Å². The van der Waals surface area contributed by atoms with Crippen molar-refractivity contribution in [3.8, 4) is 0 Å². The lowest BCUT2D eigenvalue weighted by Gasteiger charge is -2.19. The van der Waals surface area contributed by atoms with Gasteiger partial charge in [0.1, 0.15) is 5.82 Å². The van der Waals surface area contributed by atoms with E-state index < -0.39 is 0 Å². The summed E-state index contributed by atoms with van der Waals surface area (Å²) in [5, 5.41) is 0. The number of nitrogens with two attached hydrogens (primary N) is 1. The Morgan fingerprint density at radius 2 is 2.00 bits per heavy atom. The molecule has 13 heavy (non-hydrogen) atoms. The van der Waals surface area contributed by atoms with E-state index in [9.17, 15) is 0 Å². The zero-order valence-corrected chi connectivity index (χ0v) is 8.89. The number of hydrogen-bond donors (Lipinski definition) is 1. The van der Waals surface area contributed by atoms with E-state index in [0.717, 1.165) is 12.0 Å². The van der Waals surface area contributed by atoms with E-state index in [2.05, 4.69) is 38.7 Å². The first-order valence-corrected chi connectivity index (χ1v) is 4.70. The molecule has 2 nitrogen and oxygen atoms in total. The molecule has 0 aromatic carbocycles. The lowest BCUT2D eigenvalue weighted by molar-refractivity contribution is 0.586. The summed E-state index contributed by atoms with van der Waals surface area (Å²) in [6, 6.07) is 2.16. The second-order valence-electron chi connectivity index (χ2n) is 4.37. The lowest BCUT2D eigenvalue weighted by Crippen LogP contribution is -2.12. The first-order chi connectivity index (χ1) is 5.95. The molecule has 0 aliphatic carbocycles. The molecular formula is C11H18N2. The van der Waals surface area contributed by atoms with Gasteiger partial charge in [0.25, 0.3) is 0 Å². The van der Waals surface area contributed by atoms with Crippen molar-refractivity contribution in [3.63, 3.8) is 0 Å². The van der Waals surface area contributed by atoms with Gasteiger partial charge in [-0.2, -0.15) is 0 Å². The summed E-state index contributed by atoms with van der Waals surface area (Å²) >= 11 is 0. The van der Waals surface area contributed by atoms with Gasteiger partial charge in [-0.25, -0.2) is 4.98 Å². The molecule has 0 saturated heterocycles. The second kappa shape index (κ2) is 3.36. The Balaban J connectivity index is 3.14. The van der Waals surface area contributed by atoms with Gasteiger partial charge in [-0.3, -0.25) is 0 Å². The summed E-state index contributed by atoms with van der Waals surface area (Å²) in [5.41, 5.74) is 8.28. The average molecular weight is 178 g/mol. The zero-order chi connectivity index (χ0) is 10.1. The third-order valence-corrected chi connectivity index (χ3v) is 2.25. The fourth-order valence-electron chi connectivity index (χ4n) is 1.21. The van der Waals surface area contributed by atoms with Crippen molar-refractivity contribution in [1.82, 2.24) is 4.98 Å². The molecule has 1 aromatic rings. The molecule has 0 fully saturated rings. The van der Waals surface area contributed by atoms with Gasteiger partial charge in [-0.05, 0) is 23.0 Å². The summed E-state index contributed by atoms with van der Waals surface area (Å²) in [6.45, 7) is 8.64. The minimum Gasteiger partial charge on any atom is -0.383 e. The minimum atomic E-state index is 0.157. The summed E-state index contributed by atoms with van der Waals surface area (Å²) < 4.78 is 0. The van der Waals surface area contributed by atoms with Crippen LogP contribution in [0.5, 0.6) is 0 Å². The van der Waals surface area contributed by atoms with Crippen LogP contribution in [-0.2, 0) is 11.8 Å². The number of aromatic nitrogens is 1. The summed E-state index contributed by atoms with van der Waals surface area (Å²) in [5.74, 6) is 0.663. The number of rotatable bonds is 1. The van der Waals surface area contributed by atoms with E-state index in [-0.39, 0.29) is 5.41 Å². The molecule has 1 aromatic heterocycles. The molecule has 0 atom stereocenters. The Bertz CT molecular complexity index is 297. The molecular weight excluding hydrogens is 160 g/mol. The fourth-order valence-corrected chi connectivity index (χ4v) is 1.21. The van der Waals surface area contributed by atoms with Crippen LogP contribution in [0, 0.1) is 0 Å². The highest BCUT2D eigenvalue weighted by atomic mass is 14.8. The van der Waals surface area contributed by atoms with Gasteiger partial charge in [0.15, 0.2) is 0 Å². The Labute approximate surface area is 80.2 Å². The maximum Gasteiger partial charge on any atom is 0.126 e. The van der Waals surface area contributed by atoms with Crippen molar-refractivity contribution in [1.29, 1.82) is 0 Å². The average Bonchev–Trinajstić information content (AvgIpc) is 2.03. The van der Waals surface area contributed by atoms with E-state index in [1.54, 1.807) is 0 Å². The van der Waals surface area contributed by atoms with Crippen molar-refractivity contribution in [2.45, 2.75) is 39.5 Å². The van der Waals surface area contributed by atoms with Crippen LogP contribution in [0.4, 0.5) is 5.82 Å². The third-order valence-electron chi connectivity index (χ3n) is 2.25. The van der Waals surface area contributed by atoms with Gasteiger partial charge >= 0.3 is 0 Å². The molecule has 0 spiro atoms. The summed E-state index contributed by atoms with van der Waals surface area (Å²) in [7, 11) is 0. The van der Waals surface area contributed by atoms with Gasteiger partial charge in [-0.15, -0.1) is 0 Å². The predicted molar refractivity (Wildman–Crippen MR) is 56.7 cm³/mol. The standard InChI is InChI=1S/C11H18N2/c1-5-8-6-9(11(2,3)4)7-13-10(8)12/h6-7H,5H2,1-4H3,(H2,12,13). The van der Waals surface area contributed by atoms with Crippen LogP contribution in [0.15, 0.2) is 12.3 Å². The second-order valence-corrected chi connectivity index (χ2v) is 4.37. The van der Waals surface area contributed by atoms with Crippen LogP contribution in [0.3, 0.4) is 0 Å². The first-order valence-electron chi connectivity index (χ1n) is 4.70. The smallest absolute Gasteiger partial charge is 0.126 e. The fraction of sp³-hybridized carbons (Fsp3) is 0.545. The SMILES string of the molecule is CCc1cc(C(C)(C)C)cnc1N. The molecule has 0 unspecified atom stereocenters. The Hall–Kier alpha value is -1.05. The van der Waals surface area contributed by atoms with Crippen LogP contribution in [0.1, 0.15) is 38.8 Å². The van der Waals surface area contributed by atoms with Gasteiger partial charge in [0.2, 0.25) is 0 Å². The normalized spacial score (nSPS) is 11.7. The largest absolute Gasteiger partial charge is 0.383 e. The van der Waals surface area contributed by atoms with Gasteiger partial charge in [-0.1, -0.05) is 33.8 Å². The Morgan fingerprint density at radius 3 is 2.46 bits per heavy atom. The van der Waals surface area contributed by atoms with Crippen molar-refractivity contribution in [3.05, 3.63) is 23.4 Å². The molecule has 2 N–H and O–H groups in total. The quantitative estimate of drug-likeness (QED) is 0.717. The molecule has 1 heterocycles. The lowest BCUT2D eigenvalue weighted by atomic mass is 9.87. The van der Waals surface area contributed by atoms with E-state index in [1.165, 1.54) is 5.56 Å². The van der Waals surface area contributed by atoms with E-state index in [4.69, 9.17) is 5.73 Å². The van der Waals surface area contributed by atoms with E-state index in [1.807, 2.05) is 6.20 Å². The minimum absolute atomic E-state index is 0.157. The van der Waals surface area contributed by atoms with Crippen LogP contribution in [0.2, 0.25) is 0 Å². The highest BCUT2D eigenvalue weighted by Crippen LogP contribution is 2.23. The van der Waals surface area contributed by atoms with Crippen molar-refractivity contribution < 1.29 is 0 Å². The molecule has 0 aliphatic rings. The zero-order valence-electron chi connectivity index (χ0n) is 8.89. The van der Waals surface area contributed by atoms with Gasteiger partial charge in [0.05, 0.1) is 0 Å². The summed E-state index contributed by atoms with van der Waals surface area (Å²) in [6.07, 6.45) is 2.82. The maximum atomic E-state index is 5.73. The number of hydrogen-bond acceptors (Lipinski definition) is 2. The number of nitrogen functional groups attached to an aromatic ring is 1. The Morgan fingerprint density at radius 1 is 1.38 bits per heavy atom. The monoisotopic (exact) mass is 178 g/mol. The highest BCUT2D eigenvalue weighted by molar-refractivity contribution is 5.42. The molecule has 1 rings (SSSR count). The number of aryl methyl sites for hydroxylation is 1. The molecule has 0 saturated carbocycles. The van der Waals surface area contributed by atoms with Gasteiger partial charge < -0.3 is 5.73 Å². The topological polar surface area (TPSA) is 38.9 Å². The van der Waals surface area contributed by atoms with Gasteiger partial charge in [0, 0.05) is 6.20 Å². The summed E-state index contributed by atoms with van der Waals surface area (Å²) in [4.78, 5) is 4.19. The molecule has 0 aliphatic heterocycles. The van der Waals surface area contributed by atoms with E-state index in [0.29, 0.717) is 5.82 Å². The van der Waals surface area contributed by atoms with Crippen molar-refractivity contribution in [2.75, 3.05) is 5.73 Å². The first kappa shape index (κ1) is 10.0. The number of nitrogens with zero attached hydrogens (tertiary/aromatic N) is 1. The number of anilines is 1. The molecule has 0 bridgehead atoms. The van der Waals surface area contributed by atoms with Crippen LogP contribution in [-0.4, -0.2) is 4.98 Å². The highest BCUT2D eigenvalue weighted by Gasteiger charge is 2.14. The number of pyridine rings is 1. The van der Waals surface area contributed by atoms with E-state index >= 15 is 0 Å². The van der Waals surface area contributed by atoms with Crippen LogP contribution in [0.25, 0.3) is 0 Å². The molecule has 0 radical (unpaired) electrons.